The molecule has 68 heavy (non-hydrogen) atoms. The normalized spacial score (nSPS) is 15.2. The summed E-state index contributed by atoms with van der Waals surface area (Å²) >= 11 is 6.21. The SMILES string of the molecule is CC[C@H](C)[C@H](NC(=O)[C@H](CC(C)C)NC(=O)c1cnccn1)C(=O)N[C@@H](CC1CCCCC1)C(=O)N[C@@H](CC(F)F)C(=O)C(=O)NCC(=O)NS(=O)(=O)c1nnc(NC(=O)c2ccc(Cl)cc2)s1. The van der Waals surface area contributed by atoms with Gasteiger partial charge < -0.3 is 26.6 Å². The van der Waals surface area contributed by atoms with E-state index in [-0.39, 0.29) is 41.1 Å². The monoisotopic (exact) mass is 1010 g/mol. The topological polar surface area (TPSA) is 306 Å². The lowest BCUT2D eigenvalue weighted by Crippen LogP contribution is -2.60. The predicted molar refractivity (Wildman–Crippen MR) is 242 cm³/mol. The first-order chi connectivity index (χ1) is 32.2. The van der Waals surface area contributed by atoms with Gasteiger partial charge in [-0.3, -0.25) is 48.7 Å². The van der Waals surface area contributed by atoms with Gasteiger partial charge in [0.05, 0.1) is 12.7 Å². The lowest BCUT2D eigenvalue weighted by atomic mass is 9.84. The highest BCUT2D eigenvalue weighted by atomic mass is 35.5. The number of alkyl halides is 2. The number of hydrogen-bond donors (Lipinski definition) is 7. The molecule has 0 unspecified atom stereocenters. The molecule has 7 amide bonds. The Morgan fingerprint density at radius 2 is 1.47 bits per heavy atom. The van der Waals surface area contributed by atoms with Crippen LogP contribution in [0.5, 0.6) is 0 Å². The molecule has 1 saturated carbocycles. The number of sulfonamides is 1. The van der Waals surface area contributed by atoms with Crippen molar-refractivity contribution in [1.82, 2.24) is 51.5 Å². The number of rotatable bonds is 24. The number of ketones is 1. The molecule has 1 aliphatic rings. The van der Waals surface area contributed by atoms with Crippen LogP contribution in [0.25, 0.3) is 0 Å². The summed E-state index contributed by atoms with van der Waals surface area (Å²) in [7, 11) is -4.73. The quantitative estimate of drug-likeness (QED) is 0.0502. The van der Waals surface area contributed by atoms with Crippen LogP contribution in [0.1, 0.15) is 106 Å². The minimum absolute atomic E-state index is 0.0180. The van der Waals surface area contributed by atoms with E-state index >= 15 is 0 Å². The third-order valence-electron chi connectivity index (χ3n) is 10.7. The van der Waals surface area contributed by atoms with Crippen LogP contribution >= 0.6 is 22.9 Å². The Kier molecular flexibility index (Phi) is 20.8. The molecule has 4 rings (SSSR count). The lowest BCUT2D eigenvalue weighted by molar-refractivity contribution is -0.141. The molecular weight excluding hydrogens is 956 g/mol. The van der Waals surface area contributed by atoms with E-state index in [0.29, 0.717) is 35.6 Å². The average Bonchev–Trinajstić information content (AvgIpc) is 3.78. The first-order valence-corrected chi connectivity index (χ1v) is 24.4. The molecule has 2 heterocycles. The Balaban J connectivity index is 1.43. The maximum atomic E-state index is 14.1. The van der Waals surface area contributed by atoms with Gasteiger partial charge in [-0.05, 0) is 54.9 Å². The summed E-state index contributed by atoms with van der Waals surface area (Å²) in [6.07, 6.45) is 3.82. The van der Waals surface area contributed by atoms with Gasteiger partial charge in [0.1, 0.15) is 29.9 Å². The van der Waals surface area contributed by atoms with Gasteiger partial charge in [-0.15, -0.1) is 10.2 Å². The van der Waals surface area contributed by atoms with Crippen LogP contribution in [0.2, 0.25) is 5.02 Å². The van der Waals surface area contributed by atoms with Crippen molar-refractivity contribution >= 4 is 85.2 Å². The van der Waals surface area contributed by atoms with E-state index in [9.17, 15) is 55.6 Å². The molecule has 7 N–H and O–H groups in total. The number of nitrogens with zero attached hydrogens (tertiary/aromatic N) is 4. The maximum absolute atomic E-state index is 14.1. The van der Waals surface area contributed by atoms with E-state index in [2.05, 4.69) is 46.7 Å². The number of aromatic nitrogens is 4. The zero-order chi connectivity index (χ0) is 50.1. The van der Waals surface area contributed by atoms with Crippen molar-refractivity contribution in [3.8, 4) is 0 Å². The fourth-order valence-corrected chi connectivity index (χ4v) is 9.02. The Bertz CT molecular complexity index is 2370. The summed E-state index contributed by atoms with van der Waals surface area (Å²) in [6.45, 7) is 5.95. The van der Waals surface area contributed by atoms with Gasteiger partial charge in [0.15, 0.2) is 0 Å². The van der Waals surface area contributed by atoms with Gasteiger partial charge in [-0.25, -0.2) is 18.5 Å². The van der Waals surface area contributed by atoms with Crippen molar-refractivity contribution in [2.45, 2.75) is 120 Å². The number of anilines is 1. The highest BCUT2D eigenvalue weighted by Crippen LogP contribution is 2.28. The molecule has 370 valence electrons. The molecule has 5 atom stereocenters. The van der Waals surface area contributed by atoms with Crippen molar-refractivity contribution in [3.05, 3.63) is 59.1 Å². The minimum atomic E-state index is -4.73. The molecule has 3 aromatic rings. The van der Waals surface area contributed by atoms with Crippen molar-refractivity contribution in [2.24, 2.45) is 17.8 Å². The number of halogens is 3. The molecule has 21 nitrogen and oxygen atoms in total. The highest BCUT2D eigenvalue weighted by molar-refractivity contribution is 7.92. The number of benzene rings is 1. The number of nitrogens with one attached hydrogen (secondary N) is 7. The van der Waals surface area contributed by atoms with Crippen LogP contribution in [0.15, 0.2) is 47.2 Å². The van der Waals surface area contributed by atoms with Gasteiger partial charge >= 0.3 is 0 Å². The Morgan fingerprint density at radius 1 is 0.809 bits per heavy atom. The van der Waals surface area contributed by atoms with E-state index < -0.39 is 111 Å². The molecule has 0 aliphatic heterocycles. The summed E-state index contributed by atoms with van der Waals surface area (Å²) in [5.74, 6) is -9.27. The summed E-state index contributed by atoms with van der Waals surface area (Å²) in [5, 5.41) is 21.5. The standard InChI is InChI=1S/C42H54ClF2N11O10S2/c1-5-23(4)33(52-37(61)28(17-22(2)3)50-38(62)30-20-46-15-16-47-30)39(63)51-29(18-24-9-7-6-8-10-24)36(60)49-27(19-31(44)45)34(58)40(64)48-21-32(57)56-68(65,66)42-55-54-41(67-42)53-35(59)25-11-13-26(43)14-12-25/h11-16,20,22-24,27-29,31,33H,5-10,17-19,21H2,1-4H3,(H,48,64)(H,49,60)(H,50,62)(H,51,63)(H,52,61)(H,56,57)(H,53,54,59)/t23-,27-,28-,29-,33-/m0/s1. The molecule has 0 radical (unpaired) electrons. The van der Waals surface area contributed by atoms with Crippen molar-refractivity contribution in [2.75, 3.05) is 11.9 Å². The second kappa shape index (κ2) is 25.9. The van der Waals surface area contributed by atoms with Crippen LogP contribution in [0, 0.1) is 17.8 Å². The molecule has 0 bridgehead atoms. The zero-order valence-corrected chi connectivity index (χ0v) is 39.9. The molecule has 0 spiro atoms. The molecule has 0 saturated heterocycles. The number of carbonyl (C=O) groups excluding carboxylic acids is 8. The number of hydrogen-bond acceptors (Lipinski definition) is 15. The van der Waals surface area contributed by atoms with Gasteiger partial charge in [-0.1, -0.05) is 89.2 Å². The number of carbonyl (C=O) groups is 8. The smallest absolute Gasteiger partial charge is 0.293 e. The summed E-state index contributed by atoms with van der Waals surface area (Å²) in [5.41, 5.74) is 0.124. The Morgan fingerprint density at radius 3 is 2.09 bits per heavy atom. The minimum Gasteiger partial charge on any atom is -0.344 e. The fraction of sp³-hybridized carbons (Fsp3) is 0.524. The van der Waals surface area contributed by atoms with Crippen molar-refractivity contribution < 1.29 is 55.6 Å². The van der Waals surface area contributed by atoms with Crippen molar-refractivity contribution in [1.29, 1.82) is 0 Å². The first kappa shape index (κ1) is 54.5. The molecule has 2 aromatic heterocycles. The zero-order valence-electron chi connectivity index (χ0n) is 37.6. The second-order valence-electron chi connectivity index (χ2n) is 16.5. The van der Waals surface area contributed by atoms with E-state index in [0.717, 1.165) is 19.3 Å². The van der Waals surface area contributed by atoms with Gasteiger partial charge in [-0.2, -0.15) is 8.42 Å². The Labute approximate surface area is 400 Å². The molecule has 1 aromatic carbocycles. The van der Waals surface area contributed by atoms with Crippen LogP contribution in [0.3, 0.4) is 0 Å². The molecule has 1 aliphatic carbocycles. The third kappa shape index (κ3) is 16.9. The van der Waals surface area contributed by atoms with Gasteiger partial charge in [0.25, 0.3) is 38.0 Å². The van der Waals surface area contributed by atoms with E-state index in [1.807, 2.05) is 19.2 Å². The Hall–Kier alpha value is -6.08. The van der Waals surface area contributed by atoms with Crippen LogP contribution in [0.4, 0.5) is 13.9 Å². The second-order valence-corrected chi connectivity index (χ2v) is 19.8. The van der Waals surface area contributed by atoms with E-state index in [4.69, 9.17) is 11.6 Å². The third-order valence-corrected chi connectivity index (χ3v) is 13.6. The van der Waals surface area contributed by atoms with Gasteiger partial charge in [0.2, 0.25) is 35.1 Å². The molecule has 26 heteroatoms. The van der Waals surface area contributed by atoms with E-state index in [1.165, 1.54) is 42.9 Å². The predicted octanol–water partition coefficient (Wildman–Crippen LogP) is 2.69. The maximum Gasteiger partial charge on any atom is 0.293 e. The number of Topliss-reactive ketones (excluding diaryl/α,β-unsaturated/α-hetero) is 1. The fourth-order valence-electron chi connectivity index (χ4n) is 7.01. The number of amides is 7. The van der Waals surface area contributed by atoms with Crippen LogP contribution in [-0.4, -0.2) is 113 Å². The largest absolute Gasteiger partial charge is 0.344 e. The molecular formula is C42H54ClF2N11O10S2. The van der Waals surface area contributed by atoms with E-state index in [1.54, 1.807) is 18.6 Å². The summed E-state index contributed by atoms with van der Waals surface area (Å²) in [6, 6.07) is -0.252. The van der Waals surface area contributed by atoms with Crippen molar-refractivity contribution in [3.63, 3.8) is 0 Å². The van der Waals surface area contributed by atoms with Crippen LogP contribution in [-0.2, 0) is 38.8 Å². The average molecular weight is 1010 g/mol. The molecule has 1 fully saturated rings. The summed E-state index contributed by atoms with van der Waals surface area (Å²) in [4.78, 5) is 114. The van der Waals surface area contributed by atoms with Crippen LogP contribution < -0.4 is 36.6 Å². The van der Waals surface area contributed by atoms with Gasteiger partial charge in [0, 0.05) is 29.4 Å². The lowest BCUT2D eigenvalue weighted by Gasteiger charge is -2.31. The first-order valence-electron chi connectivity index (χ1n) is 21.7. The summed E-state index contributed by atoms with van der Waals surface area (Å²) < 4.78 is 54.3. The highest BCUT2D eigenvalue weighted by Gasteiger charge is 2.37.